The molecular weight excluding hydrogens is 316 g/mol. The Bertz CT molecular complexity index is 724. The zero-order chi connectivity index (χ0) is 15.4. The number of hydrogen-bond acceptors (Lipinski definition) is 7. The molecule has 0 radical (unpaired) electrons. The van der Waals surface area contributed by atoms with Gasteiger partial charge < -0.3 is 9.84 Å². The van der Waals surface area contributed by atoms with E-state index in [2.05, 4.69) is 34.5 Å². The molecule has 0 aliphatic heterocycles. The van der Waals surface area contributed by atoms with E-state index in [-0.39, 0.29) is 0 Å². The molecule has 3 rings (SSSR count). The van der Waals surface area contributed by atoms with Crippen molar-refractivity contribution in [2.24, 2.45) is 0 Å². The van der Waals surface area contributed by atoms with Crippen LogP contribution in [-0.4, -0.2) is 21.4 Å². The van der Waals surface area contributed by atoms with Gasteiger partial charge in [0.15, 0.2) is 10.1 Å². The van der Waals surface area contributed by atoms with Crippen LogP contribution in [-0.2, 0) is 5.75 Å². The summed E-state index contributed by atoms with van der Waals surface area (Å²) in [5, 5.41) is 16.5. The molecule has 1 N–H and O–H groups in total. The topological polar surface area (TPSA) is 63.8 Å². The monoisotopic (exact) mass is 332 g/mol. The highest BCUT2D eigenvalue weighted by Gasteiger charge is 2.09. The lowest BCUT2D eigenvalue weighted by Crippen LogP contribution is -2.08. The van der Waals surface area contributed by atoms with Crippen molar-refractivity contribution in [1.82, 2.24) is 15.4 Å². The van der Waals surface area contributed by atoms with E-state index in [0.717, 1.165) is 26.5 Å². The third kappa shape index (κ3) is 3.86. The lowest BCUT2D eigenvalue weighted by molar-refractivity contribution is 0.426. The lowest BCUT2D eigenvalue weighted by Gasteiger charge is -2.02. The summed E-state index contributed by atoms with van der Waals surface area (Å²) in [6, 6.07) is 12.3. The van der Waals surface area contributed by atoms with Gasteiger partial charge in [0.2, 0.25) is 5.13 Å². The minimum absolute atomic E-state index is 0.356. The van der Waals surface area contributed by atoms with Crippen LogP contribution in [0.4, 0.5) is 5.13 Å². The Labute approximate surface area is 137 Å². The number of nitrogens with one attached hydrogen (secondary N) is 1. The predicted octanol–water partition coefficient (Wildman–Crippen LogP) is 4.31. The van der Waals surface area contributed by atoms with Crippen LogP contribution in [0.25, 0.3) is 11.3 Å². The normalized spacial score (nSPS) is 11.0. The fourth-order valence-electron chi connectivity index (χ4n) is 1.83. The van der Waals surface area contributed by atoms with E-state index in [4.69, 9.17) is 4.52 Å². The van der Waals surface area contributed by atoms with Crippen LogP contribution in [0.2, 0.25) is 0 Å². The van der Waals surface area contributed by atoms with Gasteiger partial charge in [-0.3, -0.25) is 0 Å². The molecule has 5 nitrogen and oxygen atoms in total. The summed E-state index contributed by atoms with van der Waals surface area (Å²) in [4.78, 5) is 0. The van der Waals surface area contributed by atoms with Crippen molar-refractivity contribution in [2.75, 3.05) is 5.32 Å². The van der Waals surface area contributed by atoms with Gasteiger partial charge >= 0.3 is 0 Å². The lowest BCUT2D eigenvalue weighted by atomic mass is 10.2. The van der Waals surface area contributed by atoms with Gasteiger partial charge in [0.1, 0.15) is 0 Å². The molecule has 2 heterocycles. The molecule has 3 aromatic rings. The van der Waals surface area contributed by atoms with E-state index < -0.39 is 0 Å². The zero-order valence-electron chi connectivity index (χ0n) is 12.3. The van der Waals surface area contributed by atoms with Gasteiger partial charge in [-0.15, -0.1) is 10.2 Å². The van der Waals surface area contributed by atoms with Crippen molar-refractivity contribution in [3.05, 3.63) is 42.1 Å². The van der Waals surface area contributed by atoms with Gasteiger partial charge in [-0.25, -0.2) is 0 Å². The summed E-state index contributed by atoms with van der Waals surface area (Å²) in [5.74, 6) is 1.50. The smallest absolute Gasteiger partial charge is 0.206 e. The van der Waals surface area contributed by atoms with E-state index in [1.54, 1.807) is 23.1 Å². The van der Waals surface area contributed by atoms with E-state index >= 15 is 0 Å². The highest BCUT2D eigenvalue weighted by Crippen LogP contribution is 2.29. The van der Waals surface area contributed by atoms with Crippen LogP contribution in [0, 0.1) is 0 Å². The molecule has 1 aromatic carbocycles. The summed E-state index contributed by atoms with van der Waals surface area (Å²) in [6.45, 7) is 4.16. The van der Waals surface area contributed by atoms with Crippen LogP contribution in [0.5, 0.6) is 0 Å². The molecule has 0 saturated carbocycles. The fourth-order valence-corrected chi connectivity index (χ4v) is 3.61. The zero-order valence-corrected chi connectivity index (χ0v) is 13.9. The average molecular weight is 332 g/mol. The van der Waals surface area contributed by atoms with Crippen molar-refractivity contribution in [1.29, 1.82) is 0 Å². The summed E-state index contributed by atoms with van der Waals surface area (Å²) in [7, 11) is 0. The third-order valence-electron chi connectivity index (χ3n) is 2.78. The molecule has 7 heteroatoms. The molecule has 0 bridgehead atoms. The Morgan fingerprint density at radius 3 is 2.82 bits per heavy atom. The molecule has 0 aliphatic carbocycles. The van der Waals surface area contributed by atoms with E-state index in [1.165, 1.54) is 0 Å². The SMILES string of the molecule is CC(C)Nc1nnc(SCc2cc(-c3ccccc3)on2)s1. The maximum absolute atomic E-state index is 5.39. The second kappa shape index (κ2) is 6.93. The second-order valence-electron chi connectivity index (χ2n) is 5.01. The first-order chi connectivity index (χ1) is 10.7. The first-order valence-corrected chi connectivity index (χ1v) is 8.75. The number of anilines is 1. The quantitative estimate of drug-likeness (QED) is 0.679. The minimum Gasteiger partial charge on any atom is -0.358 e. The highest BCUT2D eigenvalue weighted by molar-refractivity contribution is 8.00. The van der Waals surface area contributed by atoms with Crippen molar-refractivity contribution < 1.29 is 4.52 Å². The van der Waals surface area contributed by atoms with Gasteiger partial charge in [0.05, 0.1) is 5.69 Å². The molecule has 0 fully saturated rings. The minimum atomic E-state index is 0.356. The van der Waals surface area contributed by atoms with Gasteiger partial charge in [0, 0.05) is 23.4 Å². The van der Waals surface area contributed by atoms with Crippen molar-refractivity contribution in [3.8, 4) is 11.3 Å². The number of hydrogen-bond donors (Lipinski definition) is 1. The van der Waals surface area contributed by atoms with E-state index in [0.29, 0.717) is 11.8 Å². The maximum atomic E-state index is 5.39. The number of nitrogens with zero attached hydrogens (tertiary/aromatic N) is 3. The number of thioether (sulfide) groups is 1. The molecule has 0 atom stereocenters. The Morgan fingerprint density at radius 1 is 1.23 bits per heavy atom. The van der Waals surface area contributed by atoms with Crippen LogP contribution < -0.4 is 5.32 Å². The fraction of sp³-hybridized carbons (Fsp3) is 0.267. The van der Waals surface area contributed by atoms with Crippen molar-refractivity contribution >= 4 is 28.2 Å². The van der Waals surface area contributed by atoms with Gasteiger partial charge in [0.25, 0.3) is 0 Å². The van der Waals surface area contributed by atoms with Crippen LogP contribution in [0.15, 0.2) is 45.3 Å². The highest BCUT2D eigenvalue weighted by atomic mass is 32.2. The first kappa shape index (κ1) is 15.1. The van der Waals surface area contributed by atoms with Gasteiger partial charge in [-0.2, -0.15) is 0 Å². The molecule has 0 spiro atoms. The Kier molecular flexibility index (Phi) is 4.74. The van der Waals surface area contributed by atoms with Crippen LogP contribution in [0.3, 0.4) is 0 Å². The summed E-state index contributed by atoms with van der Waals surface area (Å²) < 4.78 is 6.31. The van der Waals surface area contributed by atoms with Gasteiger partial charge in [-0.05, 0) is 13.8 Å². The third-order valence-corrected chi connectivity index (χ3v) is 4.80. The maximum Gasteiger partial charge on any atom is 0.206 e. The van der Waals surface area contributed by atoms with Crippen LogP contribution in [0.1, 0.15) is 19.5 Å². The van der Waals surface area contributed by atoms with E-state index in [9.17, 15) is 0 Å². The van der Waals surface area contributed by atoms with E-state index in [1.807, 2.05) is 36.4 Å². The number of aromatic nitrogens is 3. The Morgan fingerprint density at radius 2 is 2.05 bits per heavy atom. The molecule has 0 saturated heterocycles. The van der Waals surface area contributed by atoms with Crippen molar-refractivity contribution in [3.63, 3.8) is 0 Å². The second-order valence-corrected chi connectivity index (χ2v) is 7.21. The predicted molar refractivity (Wildman–Crippen MR) is 90.2 cm³/mol. The van der Waals surface area contributed by atoms with Crippen LogP contribution >= 0.6 is 23.1 Å². The van der Waals surface area contributed by atoms with Crippen molar-refractivity contribution in [2.45, 2.75) is 30.0 Å². The standard InChI is InChI=1S/C15H16N4OS2/c1-10(2)16-14-17-18-15(22-14)21-9-12-8-13(20-19-12)11-6-4-3-5-7-11/h3-8,10H,9H2,1-2H3,(H,16,17). The number of benzene rings is 1. The molecule has 0 unspecified atom stereocenters. The van der Waals surface area contributed by atoms with Gasteiger partial charge in [-0.1, -0.05) is 58.6 Å². The molecule has 22 heavy (non-hydrogen) atoms. The Balaban J connectivity index is 1.60. The average Bonchev–Trinajstić information content (AvgIpc) is 3.15. The summed E-state index contributed by atoms with van der Waals surface area (Å²) in [5.41, 5.74) is 1.93. The number of rotatable bonds is 6. The largest absolute Gasteiger partial charge is 0.358 e. The molecule has 2 aromatic heterocycles. The molecule has 114 valence electrons. The first-order valence-electron chi connectivity index (χ1n) is 6.94. The molecular formula is C15H16N4OS2. The Hall–Kier alpha value is -1.86. The molecule has 0 amide bonds. The summed E-state index contributed by atoms with van der Waals surface area (Å²) >= 11 is 3.17. The molecule has 0 aliphatic rings. The summed E-state index contributed by atoms with van der Waals surface area (Å²) in [6.07, 6.45) is 0.